The molecular formula is C14H25N3OS. The van der Waals surface area contributed by atoms with Gasteiger partial charge in [-0.3, -0.25) is 0 Å². The SMILES string of the molecule is CC(C)(C)NCc1nc(CSC2CCCCC2)no1. The summed E-state index contributed by atoms with van der Waals surface area (Å²) in [5, 5.41) is 8.20. The average molecular weight is 283 g/mol. The first-order valence-electron chi connectivity index (χ1n) is 7.21. The summed E-state index contributed by atoms with van der Waals surface area (Å²) >= 11 is 1.98. The third-order valence-corrected chi connectivity index (χ3v) is 4.65. The number of nitrogens with zero attached hydrogens (tertiary/aromatic N) is 2. The molecule has 1 fully saturated rings. The smallest absolute Gasteiger partial charge is 0.240 e. The lowest BCUT2D eigenvalue weighted by atomic mass is 10.0. The Bertz CT molecular complexity index is 380. The molecule has 0 radical (unpaired) electrons. The molecule has 0 saturated heterocycles. The monoisotopic (exact) mass is 283 g/mol. The van der Waals surface area contributed by atoms with E-state index in [1.54, 1.807) is 0 Å². The number of nitrogens with one attached hydrogen (secondary N) is 1. The second-order valence-corrected chi connectivity index (χ2v) is 7.57. The molecule has 0 spiro atoms. The van der Waals surface area contributed by atoms with Gasteiger partial charge in [0.2, 0.25) is 5.89 Å². The molecule has 1 saturated carbocycles. The fraction of sp³-hybridized carbons (Fsp3) is 0.857. The van der Waals surface area contributed by atoms with Crippen molar-refractivity contribution in [3.8, 4) is 0 Å². The van der Waals surface area contributed by atoms with E-state index in [0.717, 1.165) is 16.8 Å². The van der Waals surface area contributed by atoms with Crippen LogP contribution in [0.3, 0.4) is 0 Å². The highest BCUT2D eigenvalue weighted by Crippen LogP contribution is 2.29. The summed E-state index contributed by atoms with van der Waals surface area (Å²) in [5.74, 6) is 2.40. The Morgan fingerprint density at radius 3 is 2.68 bits per heavy atom. The van der Waals surface area contributed by atoms with Gasteiger partial charge >= 0.3 is 0 Å². The minimum Gasteiger partial charge on any atom is -0.338 e. The summed E-state index contributed by atoms with van der Waals surface area (Å²) in [7, 11) is 0. The molecule has 0 bridgehead atoms. The molecule has 1 aromatic heterocycles. The van der Waals surface area contributed by atoms with Gasteiger partial charge in [0, 0.05) is 10.8 Å². The fourth-order valence-corrected chi connectivity index (χ4v) is 3.35. The number of rotatable bonds is 5. The van der Waals surface area contributed by atoms with Gasteiger partial charge in [-0.25, -0.2) is 0 Å². The van der Waals surface area contributed by atoms with Crippen molar-refractivity contribution in [3.05, 3.63) is 11.7 Å². The summed E-state index contributed by atoms with van der Waals surface area (Å²) < 4.78 is 5.26. The topological polar surface area (TPSA) is 51.0 Å². The maximum absolute atomic E-state index is 5.26. The Balaban J connectivity index is 1.74. The van der Waals surface area contributed by atoms with E-state index in [1.165, 1.54) is 32.1 Å². The van der Waals surface area contributed by atoms with Gasteiger partial charge in [-0.2, -0.15) is 16.7 Å². The molecule has 0 amide bonds. The summed E-state index contributed by atoms with van der Waals surface area (Å²) in [5.41, 5.74) is 0.0749. The molecule has 1 aliphatic rings. The van der Waals surface area contributed by atoms with E-state index in [2.05, 4.69) is 36.2 Å². The minimum absolute atomic E-state index is 0.0749. The van der Waals surface area contributed by atoms with Crippen LogP contribution in [0.5, 0.6) is 0 Å². The van der Waals surface area contributed by atoms with E-state index in [4.69, 9.17) is 4.52 Å². The molecule has 5 heteroatoms. The first-order chi connectivity index (χ1) is 9.03. The summed E-state index contributed by atoms with van der Waals surface area (Å²) in [6.07, 6.45) is 6.86. The average Bonchev–Trinajstić information content (AvgIpc) is 2.82. The van der Waals surface area contributed by atoms with Crippen LogP contribution in [0.2, 0.25) is 0 Å². The Kier molecular flexibility index (Phi) is 5.28. The van der Waals surface area contributed by atoms with Crippen molar-refractivity contribution < 1.29 is 4.52 Å². The van der Waals surface area contributed by atoms with Crippen molar-refractivity contribution in [1.82, 2.24) is 15.5 Å². The summed E-state index contributed by atoms with van der Waals surface area (Å²) in [6.45, 7) is 7.03. The Morgan fingerprint density at radius 2 is 2.00 bits per heavy atom. The van der Waals surface area contributed by atoms with Crippen LogP contribution in [-0.2, 0) is 12.3 Å². The largest absolute Gasteiger partial charge is 0.338 e. The molecule has 4 nitrogen and oxygen atoms in total. The second-order valence-electron chi connectivity index (χ2n) is 6.28. The third-order valence-electron chi connectivity index (χ3n) is 3.28. The first-order valence-corrected chi connectivity index (χ1v) is 8.26. The molecule has 1 N–H and O–H groups in total. The molecular weight excluding hydrogens is 258 g/mol. The third kappa shape index (κ3) is 5.53. The lowest BCUT2D eigenvalue weighted by Crippen LogP contribution is -2.35. The quantitative estimate of drug-likeness (QED) is 0.896. The molecule has 0 atom stereocenters. The molecule has 0 unspecified atom stereocenters. The van der Waals surface area contributed by atoms with Crippen LogP contribution >= 0.6 is 11.8 Å². The van der Waals surface area contributed by atoms with Crippen LogP contribution < -0.4 is 5.32 Å². The predicted molar refractivity (Wildman–Crippen MR) is 79.1 cm³/mol. The second kappa shape index (κ2) is 6.75. The molecule has 108 valence electrons. The van der Waals surface area contributed by atoms with Crippen molar-refractivity contribution in [1.29, 1.82) is 0 Å². The highest BCUT2D eigenvalue weighted by Gasteiger charge is 2.16. The lowest BCUT2D eigenvalue weighted by Gasteiger charge is -2.20. The number of hydrogen-bond donors (Lipinski definition) is 1. The zero-order valence-corrected chi connectivity index (χ0v) is 13.1. The molecule has 1 aliphatic carbocycles. The molecule has 1 aromatic rings. The molecule has 19 heavy (non-hydrogen) atoms. The predicted octanol–water partition coefficient (Wildman–Crippen LogP) is 3.52. The van der Waals surface area contributed by atoms with Crippen molar-refractivity contribution >= 4 is 11.8 Å². The summed E-state index contributed by atoms with van der Waals surface area (Å²) in [4.78, 5) is 4.44. The van der Waals surface area contributed by atoms with Crippen LogP contribution in [0.15, 0.2) is 4.52 Å². The van der Waals surface area contributed by atoms with E-state index in [-0.39, 0.29) is 5.54 Å². The van der Waals surface area contributed by atoms with E-state index in [9.17, 15) is 0 Å². The maximum Gasteiger partial charge on any atom is 0.240 e. The highest BCUT2D eigenvalue weighted by molar-refractivity contribution is 7.99. The number of aromatic nitrogens is 2. The van der Waals surface area contributed by atoms with E-state index >= 15 is 0 Å². The van der Waals surface area contributed by atoms with Crippen LogP contribution in [-0.4, -0.2) is 20.9 Å². The molecule has 0 aromatic carbocycles. The van der Waals surface area contributed by atoms with Crippen LogP contribution in [0, 0.1) is 0 Å². The van der Waals surface area contributed by atoms with Gasteiger partial charge in [-0.15, -0.1) is 0 Å². The van der Waals surface area contributed by atoms with Crippen molar-refractivity contribution in [2.75, 3.05) is 0 Å². The Morgan fingerprint density at radius 1 is 1.26 bits per heavy atom. The van der Waals surface area contributed by atoms with Crippen molar-refractivity contribution in [3.63, 3.8) is 0 Å². The normalized spacial score (nSPS) is 17.8. The molecule has 2 rings (SSSR count). The highest BCUT2D eigenvalue weighted by atomic mass is 32.2. The van der Waals surface area contributed by atoms with Crippen LogP contribution in [0.25, 0.3) is 0 Å². The first kappa shape index (κ1) is 14.9. The zero-order valence-electron chi connectivity index (χ0n) is 12.2. The Labute approximate surface area is 120 Å². The Hall–Kier alpha value is -0.550. The number of hydrogen-bond acceptors (Lipinski definition) is 5. The van der Waals surface area contributed by atoms with Gasteiger partial charge in [-0.05, 0) is 33.6 Å². The minimum atomic E-state index is 0.0749. The number of thioether (sulfide) groups is 1. The van der Waals surface area contributed by atoms with Gasteiger partial charge in [0.25, 0.3) is 0 Å². The standard InChI is InChI=1S/C14H25N3OS/c1-14(2,3)15-9-13-16-12(17-18-13)10-19-11-7-5-4-6-8-11/h11,15H,4-10H2,1-3H3. The van der Waals surface area contributed by atoms with Gasteiger partial charge in [0.15, 0.2) is 5.82 Å². The summed E-state index contributed by atoms with van der Waals surface area (Å²) in [6, 6.07) is 0. The lowest BCUT2D eigenvalue weighted by molar-refractivity contribution is 0.334. The zero-order chi connectivity index (χ0) is 13.7. The van der Waals surface area contributed by atoms with E-state index < -0.39 is 0 Å². The van der Waals surface area contributed by atoms with Gasteiger partial charge in [0.1, 0.15) is 0 Å². The van der Waals surface area contributed by atoms with Gasteiger partial charge in [-0.1, -0.05) is 24.4 Å². The van der Waals surface area contributed by atoms with Crippen LogP contribution in [0.1, 0.15) is 64.6 Å². The molecule has 0 aliphatic heterocycles. The fourth-order valence-electron chi connectivity index (χ4n) is 2.19. The van der Waals surface area contributed by atoms with E-state index in [1.807, 2.05) is 11.8 Å². The van der Waals surface area contributed by atoms with Crippen LogP contribution in [0.4, 0.5) is 0 Å². The maximum atomic E-state index is 5.26. The van der Waals surface area contributed by atoms with E-state index in [0.29, 0.717) is 12.4 Å². The van der Waals surface area contributed by atoms with Gasteiger partial charge < -0.3 is 9.84 Å². The molecule has 1 heterocycles. The van der Waals surface area contributed by atoms with Crippen molar-refractivity contribution in [2.45, 2.75) is 76.0 Å². The van der Waals surface area contributed by atoms with Gasteiger partial charge in [0.05, 0.1) is 12.3 Å². The van der Waals surface area contributed by atoms with Crippen molar-refractivity contribution in [2.24, 2.45) is 0 Å².